The van der Waals surface area contributed by atoms with Gasteiger partial charge in [0.05, 0.1) is 20.5 Å². The quantitative estimate of drug-likeness (QED) is 0.682. The van der Waals surface area contributed by atoms with Crippen LogP contribution >= 0.6 is 22.6 Å². The highest BCUT2D eigenvalue weighted by molar-refractivity contribution is 14.1. The minimum atomic E-state index is 0.282. The molecule has 1 unspecified atom stereocenters. The van der Waals surface area contributed by atoms with Gasteiger partial charge >= 0.3 is 0 Å². The molecule has 4 rings (SSSR count). The van der Waals surface area contributed by atoms with Crippen LogP contribution in [0.2, 0.25) is 0 Å². The standard InChI is InChI=1S/C16H13IN2O/c17-11-5-6-13-14(16(11)20)15-10(7-8-18-13)9-3-1-2-4-12(9)19-15/h1-6,10,18,20H,7-8H2. The first-order valence-corrected chi connectivity index (χ1v) is 7.77. The Morgan fingerprint density at radius 3 is 2.95 bits per heavy atom. The normalized spacial score (nSPS) is 19.2. The van der Waals surface area contributed by atoms with E-state index >= 15 is 0 Å². The van der Waals surface area contributed by atoms with Gasteiger partial charge in [-0.15, -0.1) is 0 Å². The van der Waals surface area contributed by atoms with E-state index in [2.05, 4.69) is 46.1 Å². The fourth-order valence-electron chi connectivity index (χ4n) is 3.08. The molecule has 20 heavy (non-hydrogen) atoms. The molecular formula is C16H13IN2O. The Morgan fingerprint density at radius 1 is 1.20 bits per heavy atom. The Labute approximate surface area is 130 Å². The third kappa shape index (κ3) is 1.67. The zero-order chi connectivity index (χ0) is 13.7. The zero-order valence-electron chi connectivity index (χ0n) is 10.7. The van der Waals surface area contributed by atoms with Crippen molar-refractivity contribution >= 4 is 39.7 Å². The lowest BCUT2D eigenvalue weighted by Crippen LogP contribution is -2.09. The van der Waals surface area contributed by atoms with E-state index in [0.717, 1.165) is 39.2 Å². The number of hydrogen-bond donors (Lipinski definition) is 2. The first kappa shape index (κ1) is 12.2. The largest absolute Gasteiger partial charge is 0.506 e. The van der Waals surface area contributed by atoms with Gasteiger partial charge in [0.15, 0.2) is 0 Å². The molecule has 2 heterocycles. The molecule has 2 aromatic carbocycles. The topological polar surface area (TPSA) is 44.6 Å². The Kier molecular flexibility index (Phi) is 2.73. The van der Waals surface area contributed by atoms with E-state index in [-0.39, 0.29) is 5.92 Å². The number of hydrogen-bond acceptors (Lipinski definition) is 3. The summed E-state index contributed by atoms with van der Waals surface area (Å²) in [7, 11) is 0. The second-order valence-electron chi connectivity index (χ2n) is 5.14. The van der Waals surface area contributed by atoms with Gasteiger partial charge in [0.2, 0.25) is 0 Å². The van der Waals surface area contributed by atoms with Crippen LogP contribution in [-0.2, 0) is 0 Å². The highest BCUT2D eigenvalue weighted by Crippen LogP contribution is 2.45. The lowest BCUT2D eigenvalue weighted by molar-refractivity contribution is 0.470. The summed E-state index contributed by atoms with van der Waals surface area (Å²) in [4.78, 5) is 4.79. The van der Waals surface area contributed by atoms with Crippen molar-refractivity contribution < 1.29 is 5.11 Å². The molecule has 2 aliphatic heterocycles. The van der Waals surface area contributed by atoms with Gasteiger partial charge < -0.3 is 10.4 Å². The van der Waals surface area contributed by atoms with Gasteiger partial charge in [-0.25, -0.2) is 0 Å². The van der Waals surface area contributed by atoms with Gasteiger partial charge in [-0.1, -0.05) is 18.2 Å². The van der Waals surface area contributed by atoms with E-state index in [4.69, 9.17) is 4.99 Å². The van der Waals surface area contributed by atoms with E-state index in [1.165, 1.54) is 5.56 Å². The van der Waals surface area contributed by atoms with Crippen LogP contribution in [0.3, 0.4) is 0 Å². The van der Waals surface area contributed by atoms with E-state index in [1.807, 2.05) is 18.2 Å². The predicted molar refractivity (Wildman–Crippen MR) is 89.3 cm³/mol. The molecule has 1 atom stereocenters. The van der Waals surface area contributed by atoms with Crippen molar-refractivity contribution in [1.82, 2.24) is 0 Å². The fraction of sp³-hybridized carbons (Fsp3) is 0.188. The van der Waals surface area contributed by atoms with Gasteiger partial charge in [-0.05, 0) is 52.8 Å². The van der Waals surface area contributed by atoms with E-state index in [1.54, 1.807) is 0 Å². The van der Waals surface area contributed by atoms with Crippen molar-refractivity contribution in [3.63, 3.8) is 0 Å². The van der Waals surface area contributed by atoms with Crippen LogP contribution in [0.25, 0.3) is 0 Å². The SMILES string of the molecule is Oc1c(I)ccc2c1C1=Nc3ccccc3C1CCN2. The van der Waals surface area contributed by atoms with E-state index in [0.29, 0.717) is 5.75 Å². The van der Waals surface area contributed by atoms with E-state index < -0.39 is 0 Å². The van der Waals surface area contributed by atoms with Gasteiger partial charge in [0.1, 0.15) is 5.75 Å². The highest BCUT2D eigenvalue weighted by atomic mass is 127. The molecule has 0 radical (unpaired) electrons. The van der Waals surface area contributed by atoms with E-state index in [9.17, 15) is 5.11 Å². The maximum atomic E-state index is 10.5. The number of benzene rings is 2. The number of aromatic hydroxyl groups is 1. The van der Waals surface area contributed by atoms with Crippen molar-refractivity contribution in [2.75, 3.05) is 11.9 Å². The zero-order valence-corrected chi connectivity index (χ0v) is 12.9. The smallest absolute Gasteiger partial charge is 0.140 e. The number of nitrogens with zero attached hydrogens (tertiary/aromatic N) is 1. The molecule has 2 N–H and O–H groups in total. The van der Waals surface area contributed by atoms with Crippen molar-refractivity contribution in [3.8, 4) is 5.75 Å². The number of phenolic OH excluding ortho intramolecular Hbond substituents is 1. The molecule has 0 bridgehead atoms. The number of fused-ring (bicyclic) bond motifs is 5. The summed E-state index contributed by atoms with van der Waals surface area (Å²) in [6.45, 7) is 0.894. The Hall–Kier alpha value is -1.56. The van der Waals surface area contributed by atoms with Crippen LogP contribution in [0.4, 0.5) is 11.4 Å². The summed E-state index contributed by atoms with van der Waals surface area (Å²) in [6.07, 6.45) is 1.00. The third-order valence-corrected chi connectivity index (χ3v) is 4.89. The molecule has 0 saturated heterocycles. The molecule has 0 aromatic heterocycles. The lowest BCUT2D eigenvalue weighted by Gasteiger charge is -2.13. The maximum absolute atomic E-state index is 10.5. The molecule has 0 fully saturated rings. The summed E-state index contributed by atoms with van der Waals surface area (Å²) in [5.74, 6) is 0.623. The molecule has 0 aliphatic carbocycles. The number of para-hydroxylation sites is 1. The monoisotopic (exact) mass is 376 g/mol. The number of halogens is 1. The number of rotatable bonds is 0. The lowest BCUT2D eigenvalue weighted by atomic mass is 9.89. The summed E-state index contributed by atoms with van der Waals surface area (Å²) in [5.41, 5.74) is 5.17. The number of nitrogens with one attached hydrogen (secondary N) is 1. The summed E-state index contributed by atoms with van der Waals surface area (Å²) >= 11 is 2.16. The molecule has 0 saturated carbocycles. The average molecular weight is 376 g/mol. The van der Waals surface area contributed by atoms with Crippen LogP contribution in [0.15, 0.2) is 41.4 Å². The van der Waals surface area contributed by atoms with Crippen LogP contribution < -0.4 is 5.32 Å². The van der Waals surface area contributed by atoms with Crippen molar-refractivity contribution in [2.24, 2.45) is 4.99 Å². The number of aliphatic imine (C=N–C) groups is 1. The predicted octanol–water partition coefficient (Wildman–Crippen LogP) is 4.03. The van der Waals surface area contributed by atoms with Gasteiger partial charge in [0, 0.05) is 18.2 Å². The van der Waals surface area contributed by atoms with Crippen LogP contribution in [0.1, 0.15) is 23.5 Å². The highest BCUT2D eigenvalue weighted by Gasteiger charge is 2.33. The third-order valence-electron chi connectivity index (χ3n) is 4.02. The Bertz CT molecular complexity index is 739. The maximum Gasteiger partial charge on any atom is 0.140 e. The van der Waals surface area contributed by atoms with Crippen molar-refractivity contribution in [2.45, 2.75) is 12.3 Å². The van der Waals surface area contributed by atoms with Gasteiger partial charge in [-0.2, -0.15) is 0 Å². The second kappa shape index (κ2) is 4.48. The first-order valence-electron chi connectivity index (χ1n) is 6.69. The van der Waals surface area contributed by atoms with Crippen molar-refractivity contribution in [3.05, 3.63) is 51.1 Å². The Morgan fingerprint density at radius 2 is 2.05 bits per heavy atom. The Balaban J connectivity index is 1.97. The second-order valence-corrected chi connectivity index (χ2v) is 6.30. The molecule has 4 heteroatoms. The fourth-order valence-corrected chi connectivity index (χ4v) is 3.53. The number of anilines is 1. The van der Waals surface area contributed by atoms with Crippen LogP contribution in [0.5, 0.6) is 5.75 Å². The molecule has 3 nitrogen and oxygen atoms in total. The molecule has 2 aliphatic rings. The summed E-state index contributed by atoms with van der Waals surface area (Å²) < 4.78 is 0.863. The molecule has 2 aromatic rings. The minimum absolute atomic E-state index is 0.282. The average Bonchev–Trinajstić information content (AvgIpc) is 2.71. The van der Waals surface area contributed by atoms with Crippen LogP contribution in [0, 0.1) is 3.57 Å². The summed E-state index contributed by atoms with van der Waals surface area (Å²) in [6, 6.07) is 12.2. The van der Waals surface area contributed by atoms with Gasteiger partial charge in [-0.3, -0.25) is 4.99 Å². The molecular weight excluding hydrogens is 363 g/mol. The molecule has 100 valence electrons. The van der Waals surface area contributed by atoms with Gasteiger partial charge in [0.25, 0.3) is 0 Å². The molecule has 0 spiro atoms. The summed E-state index contributed by atoms with van der Waals surface area (Å²) in [5, 5.41) is 13.9. The first-order chi connectivity index (χ1) is 9.75. The number of phenols is 1. The minimum Gasteiger partial charge on any atom is -0.506 e. The van der Waals surface area contributed by atoms with Crippen LogP contribution in [-0.4, -0.2) is 17.4 Å². The van der Waals surface area contributed by atoms with Crippen molar-refractivity contribution in [1.29, 1.82) is 0 Å². The molecule has 0 amide bonds.